The Hall–Kier alpha value is -1.55. The van der Waals surface area contributed by atoms with Gasteiger partial charge in [-0.2, -0.15) is 0 Å². The van der Waals surface area contributed by atoms with Crippen molar-refractivity contribution >= 4 is 5.97 Å². The van der Waals surface area contributed by atoms with Crippen molar-refractivity contribution in [1.29, 1.82) is 0 Å². The highest BCUT2D eigenvalue weighted by Gasteiger charge is 2.11. The molecule has 88 valence electrons. The number of benzene rings is 1. The average molecular weight is 224 g/mol. The number of aliphatic hydroxyl groups excluding tert-OH is 1. The number of hydrogen-bond acceptors (Lipinski definition) is 4. The molecule has 0 saturated heterocycles. The maximum Gasteiger partial charge on any atom is 0.343 e. The topological polar surface area (TPSA) is 55.8 Å². The molecule has 0 unspecified atom stereocenters. The third-order valence-electron chi connectivity index (χ3n) is 2.19. The summed E-state index contributed by atoms with van der Waals surface area (Å²) in [5, 5.41) is 9.52. The maximum atomic E-state index is 10.9. The summed E-state index contributed by atoms with van der Waals surface area (Å²) in [5.41, 5.74) is 1.67. The van der Waals surface area contributed by atoms with Gasteiger partial charge in [-0.15, -0.1) is 0 Å². The maximum absolute atomic E-state index is 10.9. The fourth-order valence-corrected chi connectivity index (χ4v) is 1.31. The Labute approximate surface area is 94.8 Å². The van der Waals surface area contributed by atoms with E-state index in [4.69, 9.17) is 4.74 Å². The molecule has 0 heterocycles. The Kier molecular flexibility index (Phi) is 4.31. The monoisotopic (exact) mass is 224 g/mol. The Morgan fingerprint density at radius 3 is 2.75 bits per heavy atom. The second kappa shape index (κ2) is 5.51. The van der Waals surface area contributed by atoms with Crippen LogP contribution in [0.3, 0.4) is 0 Å². The van der Waals surface area contributed by atoms with Crippen LogP contribution in [0.5, 0.6) is 5.75 Å². The second-order valence-corrected chi connectivity index (χ2v) is 3.58. The predicted molar refractivity (Wildman–Crippen MR) is 59.3 cm³/mol. The van der Waals surface area contributed by atoms with Crippen molar-refractivity contribution in [3.8, 4) is 5.75 Å². The first-order valence-corrected chi connectivity index (χ1v) is 5.03. The summed E-state index contributed by atoms with van der Waals surface area (Å²) in [7, 11) is 1.30. The molecular formula is C12H16O4. The Balaban J connectivity index is 2.84. The van der Waals surface area contributed by atoms with E-state index in [1.165, 1.54) is 7.11 Å². The number of rotatable bonds is 4. The summed E-state index contributed by atoms with van der Waals surface area (Å²) in [6.07, 6.45) is -0.631. The van der Waals surface area contributed by atoms with Crippen LogP contribution < -0.4 is 4.74 Å². The summed E-state index contributed by atoms with van der Waals surface area (Å²) in [4.78, 5) is 10.9. The zero-order chi connectivity index (χ0) is 12.1. The fourth-order valence-electron chi connectivity index (χ4n) is 1.31. The fraction of sp³-hybridized carbons (Fsp3) is 0.417. The smallest absolute Gasteiger partial charge is 0.343 e. The molecule has 0 fully saturated rings. The van der Waals surface area contributed by atoms with Crippen LogP contribution in [0.4, 0.5) is 0 Å². The lowest BCUT2D eigenvalue weighted by atomic mass is 10.1. The summed E-state index contributed by atoms with van der Waals surface area (Å²) in [6, 6.07) is 5.45. The zero-order valence-corrected chi connectivity index (χ0v) is 9.69. The molecule has 0 aliphatic carbocycles. The summed E-state index contributed by atoms with van der Waals surface area (Å²) < 4.78 is 9.77. The van der Waals surface area contributed by atoms with E-state index in [1.807, 2.05) is 13.0 Å². The predicted octanol–water partition coefficient (Wildman–Crippen LogP) is 1.60. The van der Waals surface area contributed by atoms with Gasteiger partial charge in [0, 0.05) is 5.56 Å². The van der Waals surface area contributed by atoms with Gasteiger partial charge in [0.25, 0.3) is 0 Å². The van der Waals surface area contributed by atoms with Gasteiger partial charge in [0.05, 0.1) is 13.2 Å². The van der Waals surface area contributed by atoms with Crippen molar-refractivity contribution in [1.82, 2.24) is 0 Å². The molecule has 0 radical (unpaired) electrons. The lowest BCUT2D eigenvalue weighted by molar-refractivity contribution is -0.142. The normalized spacial score (nSPS) is 12.0. The van der Waals surface area contributed by atoms with Gasteiger partial charge in [-0.25, -0.2) is 4.79 Å². The number of hydrogen-bond donors (Lipinski definition) is 1. The molecule has 1 atom stereocenters. The summed E-state index contributed by atoms with van der Waals surface area (Å²) in [6.45, 7) is 3.41. The standard InChI is InChI=1S/C12H16O4/c1-8-4-5-10(9(2)13)11(6-8)16-7-12(14)15-3/h4-6,9,13H,7H2,1-3H3/t9-/m0/s1. The first kappa shape index (κ1) is 12.5. The van der Waals surface area contributed by atoms with Crippen LogP contribution in [0, 0.1) is 6.92 Å². The summed E-state index contributed by atoms with van der Waals surface area (Å²) in [5.74, 6) is 0.0680. The van der Waals surface area contributed by atoms with Crippen LogP contribution in [-0.4, -0.2) is 24.8 Å². The van der Waals surface area contributed by atoms with E-state index >= 15 is 0 Å². The van der Waals surface area contributed by atoms with E-state index in [9.17, 15) is 9.90 Å². The third kappa shape index (κ3) is 3.24. The van der Waals surface area contributed by atoms with Crippen LogP contribution in [0.15, 0.2) is 18.2 Å². The van der Waals surface area contributed by atoms with Crippen molar-refractivity contribution in [3.05, 3.63) is 29.3 Å². The third-order valence-corrected chi connectivity index (χ3v) is 2.19. The molecule has 0 bridgehead atoms. The van der Waals surface area contributed by atoms with Gasteiger partial charge in [0.1, 0.15) is 5.75 Å². The van der Waals surface area contributed by atoms with Crippen LogP contribution in [0.1, 0.15) is 24.2 Å². The Morgan fingerprint density at radius 1 is 1.50 bits per heavy atom. The van der Waals surface area contributed by atoms with Gasteiger partial charge in [0.2, 0.25) is 0 Å². The number of aliphatic hydroxyl groups is 1. The molecule has 0 aliphatic rings. The molecule has 4 nitrogen and oxygen atoms in total. The average Bonchev–Trinajstić information content (AvgIpc) is 2.25. The molecule has 4 heteroatoms. The number of ether oxygens (including phenoxy) is 2. The van der Waals surface area contributed by atoms with Gasteiger partial charge >= 0.3 is 5.97 Å². The van der Waals surface area contributed by atoms with E-state index in [2.05, 4.69) is 4.74 Å². The van der Waals surface area contributed by atoms with Crippen LogP contribution in [-0.2, 0) is 9.53 Å². The van der Waals surface area contributed by atoms with Crippen LogP contribution in [0.25, 0.3) is 0 Å². The number of methoxy groups -OCH3 is 1. The lowest BCUT2D eigenvalue weighted by Gasteiger charge is -2.13. The number of carbonyl (C=O) groups is 1. The molecule has 0 aromatic heterocycles. The first-order valence-electron chi connectivity index (χ1n) is 5.03. The van der Waals surface area contributed by atoms with Gasteiger partial charge in [-0.05, 0) is 25.5 Å². The minimum Gasteiger partial charge on any atom is -0.482 e. The van der Waals surface area contributed by atoms with Crippen LogP contribution >= 0.6 is 0 Å². The van der Waals surface area contributed by atoms with Crippen molar-refractivity contribution in [2.75, 3.05) is 13.7 Å². The molecule has 16 heavy (non-hydrogen) atoms. The van der Waals surface area contributed by atoms with Gasteiger partial charge in [-0.1, -0.05) is 12.1 Å². The van der Waals surface area contributed by atoms with Crippen molar-refractivity contribution in [3.63, 3.8) is 0 Å². The molecule has 1 rings (SSSR count). The molecule has 1 N–H and O–H groups in total. The minimum absolute atomic E-state index is 0.153. The van der Waals surface area contributed by atoms with Gasteiger partial charge < -0.3 is 14.6 Å². The SMILES string of the molecule is COC(=O)COc1cc(C)ccc1[C@H](C)O. The van der Waals surface area contributed by atoms with Crippen LogP contribution in [0.2, 0.25) is 0 Å². The van der Waals surface area contributed by atoms with E-state index in [-0.39, 0.29) is 6.61 Å². The molecule has 0 amide bonds. The molecule has 1 aromatic carbocycles. The Morgan fingerprint density at radius 2 is 2.19 bits per heavy atom. The lowest BCUT2D eigenvalue weighted by Crippen LogP contribution is -2.13. The second-order valence-electron chi connectivity index (χ2n) is 3.58. The highest BCUT2D eigenvalue weighted by Crippen LogP contribution is 2.26. The quantitative estimate of drug-likeness (QED) is 0.789. The molecule has 0 aliphatic heterocycles. The number of carbonyl (C=O) groups excluding carboxylic acids is 1. The highest BCUT2D eigenvalue weighted by atomic mass is 16.6. The first-order chi connectivity index (χ1) is 7.54. The largest absolute Gasteiger partial charge is 0.482 e. The van der Waals surface area contributed by atoms with Gasteiger partial charge in [-0.3, -0.25) is 0 Å². The summed E-state index contributed by atoms with van der Waals surface area (Å²) >= 11 is 0. The minimum atomic E-state index is -0.631. The van der Waals surface area contributed by atoms with Crippen molar-refractivity contribution in [2.24, 2.45) is 0 Å². The number of esters is 1. The molecular weight excluding hydrogens is 208 g/mol. The van der Waals surface area contributed by atoms with E-state index in [1.54, 1.807) is 19.1 Å². The van der Waals surface area contributed by atoms with E-state index < -0.39 is 12.1 Å². The molecule has 0 saturated carbocycles. The van der Waals surface area contributed by atoms with Crippen molar-refractivity contribution in [2.45, 2.75) is 20.0 Å². The highest BCUT2D eigenvalue weighted by molar-refractivity contribution is 5.70. The Bertz CT molecular complexity index is 371. The van der Waals surface area contributed by atoms with E-state index in [0.29, 0.717) is 11.3 Å². The zero-order valence-electron chi connectivity index (χ0n) is 9.69. The molecule has 0 spiro atoms. The number of aryl methyl sites for hydroxylation is 1. The van der Waals surface area contributed by atoms with Gasteiger partial charge in [0.15, 0.2) is 6.61 Å². The van der Waals surface area contributed by atoms with E-state index in [0.717, 1.165) is 5.56 Å². The van der Waals surface area contributed by atoms with Crippen molar-refractivity contribution < 1.29 is 19.4 Å². The molecule has 1 aromatic rings.